The van der Waals surface area contributed by atoms with Crippen LogP contribution in [0.25, 0.3) is 0 Å². The second-order valence-corrected chi connectivity index (χ2v) is 12.8. The molecule has 0 aliphatic carbocycles. The molecule has 1 spiro atoms. The van der Waals surface area contributed by atoms with Gasteiger partial charge >= 0.3 is 5.97 Å². The number of carbonyl (C=O) groups excluding carboxylic acids is 3. The van der Waals surface area contributed by atoms with E-state index in [-0.39, 0.29) is 35.1 Å². The van der Waals surface area contributed by atoms with Gasteiger partial charge in [0.15, 0.2) is 0 Å². The van der Waals surface area contributed by atoms with Crippen LogP contribution < -0.4 is 4.90 Å². The molecule has 0 saturated carbocycles. The van der Waals surface area contributed by atoms with Crippen molar-refractivity contribution in [2.75, 3.05) is 31.2 Å². The molecule has 1 aromatic carbocycles. The monoisotopic (exact) mass is 590 g/mol. The Morgan fingerprint density at radius 2 is 2.05 bits per heavy atom. The SMILES string of the molecule is C=CCOC(=O)[C@H]1[C@H]2C(=O)N(CCCCO)C(C(=O)N(CC=C)c3cc(C)ccc3C)C23CC(Br)[C@@H]1S3. The molecule has 3 saturated heterocycles. The Morgan fingerprint density at radius 3 is 2.73 bits per heavy atom. The number of aliphatic hydroxyl groups excluding tert-OH is 1. The van der Waals surface area contributed by atoms with Gasteiger partial charge in [-0.15, -0.1) is 18.3 Å². The minimum Gasteiger partial charge on any atom is -0.461 e. The number of unbranched alkanes of at least 4 members (excludes halogenated alkanes) is 1. The number of rotatable bonds is 11. The van der Waals surface area contributed by atoms with Gasteiger partial charge in [-0.3, -0.25) is 14.4 Å². The maximum absolute atomic E-state index is 14.5. The van der Waals surface area contributed by atoms with E-state index in [9.17, 15) is 19.5 Å². The molecule has 1 N–H and O–H groups in total. The molecule has 3 unspecified atom stereocenters. The standard InChI is InChI=1S/C28H35BrN2O5S/c1-5-11-30(20-15-17(3)9-10-18(20)4)26(34)24-28-16-19(29)23(37-28)21(27(35)36-14-6-2)22(28)25(33)31(24)12-7-8-13-32/h5-6,9-10,15,19,21-24,32H,1-2,7-8,11-14,16H2,3-4H3/t19?,21-,22-,23-,24?,28?/m0/s1. The van der Waals surface area contributed by atoms with Crippen LogP contribution in [0.1, 0.15) is 30.4 Å². The Hall–Kier alpha value is -2.10. The lowest BCUT2D eigenvalue weighted by Gasteiger charge is -2.38. The molecule has 3 aliphatic rings. The number of hydrogen-bond donors (Lipinski definition) is 1. The molecule has 3 heterocycles. The van der Waals surface area contributed by atoms with Gasteiger partial charge in [0.1, 0.15) is 12.6 Å². The topological polar surface area (TPSA) is 87.1 Å². The number of nitrogens with zero attached hydrogens (tertiary/aromatic N) is 2. The van der Waals surface area contributed by atoms with Crippen molar-refractivity contribution in [3.05, 3.63) is 54.6 Å². The average Bonchev–Trinajstić information content (AvgIpc) is 3.46. The van der Waals surface area contributed by atoms with E-state index in [1.54, 1.807) is 27.6 Å². The summed E-state index contributed by atoms with van der Waals surface area (Å²) >= 11 is 5.35. The Bertz CT molecular complexity index is 1100. The second kappa shape index (κ2) is 11.3. The average molecular weight is 592 g/mol. The lowest BCUT2D eigenvalue weighted by Crippen LogP contribution is -2.55. The zero-order chi connectivity index (χ0) is 26.9. The third-order valence-corrected chi connectivity index (χ3v) is 10.9. The van der Waals surface area contributed by atoms with E-state index in [0.29, 0.717) is 32.4 Å². The first-order valence-corrected chi connectivity index (χ1v) is 14.5. The number of thioether (sulfide) groups is 1. The first-order valence-electron chi connectivity index (χ1n) is 12.7. The van der Waals surface area contributed by atoms with Gasteiger partial charge in [0.2, 0.25) is 5.91 Å². The number of amides is 2. The van der Waals surface area contributed by atoms with E-state index in [2.05, 4.69) is 29.1 Å². The number of halogens is 1. The molecule has 7 nitrogen and oxygen atoms in total. The summed E-state index contributed by atoms with van der Waals surface area (Å²) in [5.41, 5.74) is 2.78. The minimum atomic E-state index is -0.749. The zero-order valence-electron chi connectivity index (χ0n) is 21.4. The molecule has 9 heteroatoms. The highest BCUT2D eigenvalue weighted by Gasteiger charge is 2.76. The lowest BCUT2D eigenvalue weighted by molar-refractivity contribution is -0.153. The van der Waals surface area contributed by atoms with Gasteiger partial charge in [-0.1, -0.05) is 46.8 Å². The maximum atomic E-state index is 14.5. The number of aliphatic hydroxyl groups is 1. The summed E-state index contributed by atoms with van der Waals surface area (Å²) < 4.78 is 4.69. The van der Waals surface area contributed by atoms with Crippen LogP contribution in [0.2, 0.25) is 0 Å². The molecule has 200 valence electrons. The van der Waals surface area contributed by atoms with E-state index in [4.69, 9.17) is 4.74 Å². The first kappa shape index (κ1) is 27.9. The van der Waals surface area contributed by atoms with E-state index < -0.39 is 28.6 Å². The highest BCUT2D eigenvalue weighted by atomic mass is 79.9. The van der Waals surface area contributed by atoms with Crippen LogP contribution in [-0.2, 0) is 19.1 Å². The predicted molar refractivity (Wildman–Crippen MR) is 150 cm³/mol. The number of aryl methyl sites for hydroxylation is 2. The zero-order valence-corrected chi connectivity index (χ0v) is 23.8. The van der Waals surface area contributed by atoms with Crippen molar-refractivity contribution < 1.29 is 24.2 Å². The molecule has 0 aromatic heterocycles. The van der Waals surface area contributed by atoms with Crippen molar-refractivity contribution in [1.29, 1.82) is 0 Å². The number of likely N-dealkylation sites (tertiary alicyclic amines) is 1. The van der Waals surface area contributed by atoms with Crippen molar-refractivity contribution in [3.8, 4) is 0 Å². The number of alkyl halides is 1. The van der Waals surface area contributed by atoms with Gasteiger partial charge in [-0.2, -0.15) is 0 Å². The first-order chi connectivity index (χ1) is 17.7. The van der Waals surface area contributed by atoms with E-state index in [0.717, 1.165) is 16.8 Å². The van der Waals surface area contributed by atoms with Gasteiger partial charge in [0.25, 0.3) is 5.91 Å². The molecule has 2 amide bonds. The quantitative estimate of drug-likeness (QED) is 0.183. The summed E-state index contributed by atoms with van der Waals surface area (Å²) in [5, 5.41) is 9.21. The lowest BCUT2D eigenvalue weighted by atomic mass is 9.71. The number of anilines is 1. The maximum Gasteiger partial charge on any atom is 0.311 e. The summed E-state index contributed by atoms with van der Waals surface area (Å²) in [6.07, 6.45) is 4.91. The van der Waals surface area contributed by atoms with Crippen LogP contribution in [0.3, 0.4) is 0 Å². The number of carbonyl (C=O) groups is 3. The molecule has 2 bridgehead atoms. The van der Waals surface area contributed by atoms with Crippen LogP contribution in [0, 0.1) is 25.7 Å². The summed E-state index contributed by atoms with van der Waals surface area (Å²) in [5.74, 6) is -2.03. The normalized spacial score (nSPS) is 29.8. The Kier molecular flexibility index (Phi) is 8.55. The van der Waals surface area contributed by atoms with Crippen molar-refractivity contribution in [2.24, 2.45) is 11.8 Å². The van der Waals surface area contributed by atoms with Gasteiger partial charge in [-0.25, -0.2) is 0 Å². The molecule has 37 heavy (non-hydrogen) atoms. The summed E-state index contributed by atoms with van der Waals surface area (Å²) in [6.45, 7) is 12.2. The van der Waals surface area contributed by atoms with Crippen molar-refractivity contribution >= 4 is 51.2 Å². The molecular weight excluding hydrogens is 556 g/mol. The van der Waals surface area contributed by atoms with Gasteiger partial charge in [-0.05, 0) is 50.3 Å². The number of esters is 1. The predicted octanol–water partition coefficient (Wildman–Crippen LogP) is 3.79. The van der Waals surface area contributed by atoms with Gasteiger partial charge < -0.3 is 19.6 Å². The molecule has 3 aliphatic heterocycles. The molecular formula is C28H35BrN2O5S. The Balaban J connectivity index is 1.79. The largest absolute Gasteiger partial charge is 0.461 e. The molecule has 0 radical (unpaired) electrons. The number of fused-ring (bicyclic) bond motifs is 1. The molecule has 4 rings (SSSR count). The third kappa shape index (κ3) is 4.79. The van der Waals surface area contributed by atoms with Crippen LogP contribution >= 0.6 is 27.7 Å². The summed E-state index contributed by atoms with van der Waals surface area (Å²) in [4.78, 5) is 45.1. The van der Waals surface area contributed by atoms with Crippen LogP contribution in [0.15, 0.2) is 43.5 Å². The van der Waals surface area contributed by atoms with Crippen molar-refractivity contribution in [3.63, 3.8) is 0 Å². The highest BCUT2D eigenvalue weighted by Crippen LogP contribution is 2.68. The van der Waals surface area contributed by atoms with Crippen LogP contribution in [0.4, 0.5) is 5.69 Å². The third-order valence-electron chi connectivity index (χ3n) is 7.68. The number of benzene rings is 1. The summed E-state index contributed by atoms with van der Waals surface area (Å²) in [7, 11) is 0. The van der Waals surface area contributed by atoms with Crippen molar-refractivity contribution in [1.82, 2.24) is 4.90 Å². The smallest absolute Gasteiger partial charge is 0.311 e. The molecule has 6 atom stereocenters. The highest BCUT2D eigenvalue weighted by molar-refractivity contribution is 9.09. The fourth-order valence-electron chi connectivity index (χ4n) is 6.14. The van der Waals surface area contributed by atoms with Crippen LogP contribution in [0.5, 0.6) is 0 Å². The van der Waals surface area contributed by atoms with Gasteiger partial charge in [0.05, 0.1) is 16.6 Å². The molecule has 3 fully saturated rings. The van der Waals surface area contributed by atoms with Crippen LogP contribution in [-0.4, -0.2) is 75.0 Å². The van der Waals surface area contributed by atoms with E-state index in [1.165, 1.54) is 6.08 Å². The van der Waals surface area contributed by atoms with E-state index >= 15 is 0 Å². The second-order valence-electron chi connectivity index (χ2n) is 10.1. The van der Waals surface area contributed by atoms with E-state index in [1.807, 2.05) is 32.0 Å². The Morgan fingerprint density at radius 1 is 1.30 bits per heavy atom. The van der Waals surface area contributed by atoms with Crippen molar-refractivity contribution in [2.45, 2.75) is 54.0 Å². The van der Waals surface area contributed by atoms with Gasteiger partial charge in [0, 0.05) is 35.5 Å². The fraction of sp³-hybridized carbons (Fsp3) is 0.536. The fourth-order valence-corrected chi connectivity index (χ4v) is 9.74. The Labute approximate surface area is 231 Å². The minimum absolute atomic E-state index is 0.0110. The molecule has 1 aromatic rings. The number of ether oxygens (including phenoxy) is 1. The summed E-state index contributed by atoms with van der Waals surface area (Å²) in [6, 6.07) is 5.24. The number of hydrogen-bond acceptors (Lipinski definition) is 6.